The zero-order valence-electron chi connectivity index (χ0n) is 13.6. The van der Waals surface area contributed by atoms with E-state index >= 15 is 0 Å². The van der Waals surface area contributed by atoms with Crippen molar-refractivity contribution in [2.24, 2.45) is 0 Å². The maximum absolute atomic E-state index is 10.8. The van der Waals surface area contributed by atoms with Gasteiger partial charge in [0.15, 0.2) is 0 Å². The third-order valence-electron chi connectivity index (χ3n) is 3.09. The molecular weight excluding hydrogens is 308 g/mol. The van der Waals surface area contributed by atoms with Gasteiger partial charge in [0, 0.05) is 6.61 Å². The third kappa shape index (κ3) is 6.55. The second-order valence-electron chi connectivity index (χ2n) is 4.93. The lowest BCUT2D eigenvalue weighted by molar-refractivity contribution is 0.118. The molecule has 0 unspecified atom stereocenters. The fourth-order valence-corrected chi connectivity index (χ4v) is 1.91. The van der Waals surface area contributed by atoms with E-state index in [1.165, 1.54) is 7.11 Å². The van der Waals surface area contributed by atoms with Crippen LogP contribution in [0.5, 0.6) is 0 Å². The molecule has 0 aliphatic carbocycles. The summed E-state index contributed by atoms with van der Waals surface area (Å²) in [6, 6.07) is 10.1. The zero-order chi connectivity index (χ0) is 17.0. The number of nitrogens with one attached hydrogen (secondary N) is 1. The number of nitrogens with zero attached hydrogens (tertiary/aromatic N) is 1. The number of hydrogen-bond acceptors (Lipinski definition) is 5. The SMILES string of the molecule is COC(=O)NCC#Cc1nc(CCCOCc2ccccc2)co1. The number of oxazole rings is 1. The van der Waals surface area contributed by atoms with Crippen molar-refractivity contribution in [3.63, 3.8) is 0 Å². The molecule has 1 N–H and O–H groups in total. The van der Waals surface area contributed by atoms with Gasteiger partial charge in [0.05, 0.1) is 26.0 Å². The smallest absolute Gasteiger partial charge is 0.407 e. The molecule has 0 aliphatic heterocycles. The van der Waals surface area contributed by atoms with Crippen LogP contribution in [-0.4, -0.2) is 31.3 Å². The summed E-state index contributed by atoms with van der Waals surface area (Å²) in [5.74, 6) is 5.81. The third-order valence-corrected chi connectivity index (χ3v) is 3.09. The van der Waals surface area contributed by atoms with Gasteiger partial charge in [-0.05, 0) is 24.3 Å². The minimum absolute atomic E-state index is 0.178. The number of aromatic nitrogens is 1. The molecular formula is C18H20N2O4. The number of carbonyl (C=O) groups is 1. The van der Waals surface area contributed by atoms with Crippen LogP contribution in [0, 0.1) is 11.8 Å². The Hall–Kier alpha value is -2.78. The molecule has 1 aromatic heterocycles. The number of ether oxygens (including phenoxy) is 2. The topological polar surface area (TPSA) is 73.6 Å². The van der Waals surface area contributed by atoms with Crippen LogP contribution in [0.4, 0.5) is 4.79 Å². The molecule has 2 aromatic rings. The van der Waals surface area contributed by atoms with Gasteiger partial charge in [0.2, 0.25) is 0 Å². The first-order valence-electron chi connectivity index (χ1n) is 7.64. The summed E-state index contributed by atoms with van der Waals surface area (Å²) >= 11 is 0. The molecule has 0 saturated heterocycles. The molecule has 1 heterocycles. The lowest BCUT2D eigenvalue weighted by Crippen LogP contribution is -2.22. The van der Waals surface area contributed by atoms with E-state index in [-0.39, 0.29) is 6.54 Å². The molecule has 6 heteroatoms. The number of benzene rings is 1. The van der Waals surface area contributed by atoms with Crippen molar-refractivity contribution < 1.29 is 18.7 Å². The van der Waals surface area contributed by atoms with Crippen LogP contribution >= 0.6 is 0 Å². The van der Waals surface area contributed by atoms with Crippen molar-refractivity contribution in [2.45, 2.75) is 19.4 Å². The number of carbonyl (C=O) groups excluding carboxylic acids is 1. The minimum Gasteiger partial charge on any atom is -0.453 e. The lowest BCUT2D eigenvalue weighted by Gasteiger charge is -2.03. The number of amides is 1. The second-order valence-corrected chi connectivity index (χ2v) is 4.93. The Balaban J connectivity index is 1.63. The highest BCUT2D eigenvalue weighted by atomic mass is 16.5. The van der Waals surface area contributed by atoms with Gasteiger partial charge in [-0.3, -0.25) is 0 Å². The van der Waals surface area contributed by atoms with Crippen LogP contribution < -0.4 is 5.32 Å². The molecule has 24 heavy (non-hydrogen) atoms. The zero-order valence-corrected chi connectivity index (χ0v) is 13.6. The first-order chi connectivity index (χ1) is 11.8. The number of aryl methyl sites for hydroxylation is 1. The summed E-state index contributed by atoms with van der Waals surface area (Å²) in [6.45, 7) is 1.45. The molecule has 0 spiro atoms. The molecule has 6 nitrogen and oxygen atoms in total. The second kappa shape index (κ2) is 10.1. The van der Waals surface area contributed by atoms with Crippen molar-refractivity contribution in [2.75, 3.05) is 20.3 Å². The summed E-state index contributed by atoms with van der Waals surface area (Å²) in [5.41, 5.74) is 2.00. The fraction of sp³-hybridized carbons (Fsp3) is 0.333. The maximum Gasteiger partial charge on any atom is 0.407 e. The molecule has 0 radical (unpaired) electrons. The first-order valence-corrected chi connectivity index (χ1v) is 7.64. The average Bonchev–Trinajstić information content (AvgIpc) is 3.07. The Morgan fingerprint density at radius 3 is 2.96 bits per heavy atom. The van der Waals surface area contributed by atoms with Crippen LogP contribution in [-0.2, 0) is 22.5 Å². The minimum atomic E-state index is -0.520. The van der Waals surface area contributed by atoms with Gasteiger partial charge in [-0.2, -0.15) is 0 Å². The van der Waals surface area contributed by atoms with Gasteiger partial charge >= 0.3 is 6.09 Å². The van der Waals surface area contributed by atoms with Crippen LogP contribution in [0.15, 0.2) is 41.0 Å². The van der Waals surface area contributed by atoms with Crippen molar-refractivity contribution in [3.05, 3.63) is 53.7 Å². The highest BCUT2D eigenvalue weighted by Gasteiger charge is 2.01. The maximum atomic E-state index is 10.8. The van der Waals surface area contributed by atoms with Gasteiger partial charge in [-0.25, -0.2) is 9.78 Å². The molecule has 0 atom stereocenters. The van der Waals surface area contributed by atoms with Crippen LogP contribution in [0.2, 0.25) is 0 Å². The standard InChI is InChI=1S/C18H20N2O4/c1-22-18(21)19-11-5-10-17-20-16(14-24-17)9-6-12-23-13-15-7-3-2-4-8-15/h2-4,7-8,14H,6,9,11-13H2,1H3,(H,19,21). The molecule has 0 saturated carbocycles. The van der Waals surface area contributed by atoms with E-state index in [1.54, 1.807) is 6.26 Å². The highest BCUT2D eigenvalue weighted by Crippen LogP contribution is 2.05. The van der Waals surface area contributed by atoms with Gasteiger partial charge < -0.3 is 19.2 Å². The van der Waals surface area contributed by atoms with E-state index in [0.717, 1.165) is 24.1 Å². The molecule has 126 valence electrons. The Morgan fingerprint density at radius 1 is 1.33 bits per heavy atom. The summed E-state index contributed by atoms with van der Waals surface area (Å²) < 4.78 is 15.3. The Morgan fingerprint density at radius 2 is 2.17 bits per heavy atom. The monoisotopic (exact) mass is 328 g/mol. The summed E-state index contributed by atoms with van der Waals surface area (Å²) in [7, 11) is 1.30. The van der Waals surface area contributed by atoms with Crippen LogP contribution in [0.3, 0.4) is 0 Å². The summed E-state index contributed by atoms with van der Waals surface area (Å²) in [4.78, 5) is 15.1. The number of rotatable bonds is 7. The Bertz CT molecular complexity index is 686. The van der Waals surface area contributed by atoms with Crippen LogP contribution in [0.25, 0.3) is 0 Å². The van der Waals surface area contributed by atoms with Crippen LogP contribution in [0.1, 0.15) is 23.6 Å². The van der Waals surface area contributed by atoms with Crippen molar-refractivity contribution >= 4 is 6.09 Å². The Kier molecular flexibility index (Phi) is 7.38. The van der Waals surface area contributed by atoms with E-state index in [1.807, 2.05) is 30.3 Å². The molecule has 0 aliphatic rings. The normalized spacial score (nSPS) is 9.88. The Labute approximate surface area is 141 Å². The van der Waals surface area contributed by atoms with Crippen molar-refractivity contribution in [3.8, 4) is 11.8 Å². The molecule has 2 rings (SSSR count). The predicted octanol–water partition coefficient (Wildman–Crippen LogP) is 2.53. The summed E-state index contributed by atoms with van der Waals surface area (Å²) in [6.07, 6.45) is 2.69. The van der Waals surface area contributed by atoms with E-state index in [0.29, 0.717) is 19.1 Å². The molecule has 0 bridgehead atoms. The lowest BCUT2D eigenvalue weighted by atomic mass is 10.2. The largest absolute Gasteiger partial charge is 0.453 e. The quantitative estimate of drug-likeness (QED) is 0.624. The average molecular weight is 328 g/mol. The van der Waals surface area contributed by atoms with Gasteiger partial charge in [0.1, 0.15) is 6.26 Å². The van der Waals surface area contributed by atoms with Gasteiger partial charge in [-0.15, -0.1) is 0 Å². The number of alkyl carbamates (subject to hydrolysis) is 1. The van der Waals surface area contributed by atoms with E-state index in [9.17, 15) is 4.79 Å². The molecule has 1 aromatic carbocycles. The fourth-order valence-electron chi connectivity index (χ4n) is 1.91. The number of hydrogen-bond donors (Lipinski definition) is 1. The van der Waals surface area contributed by atoms with Crippen molar-refractivity contribution in [1.82, 2.24) is 10.3 Å². The number of methoxy groups -OCH3 is 1. The van der Waals surface area contributed by atoms with E-state index in [2.05, 4.69) is 26.9 Å². The highest BCUT2D eigenvalue weighted by molar-refractivity contribution is 5.67. The van der Waals surface area contributed by atoms with Gasteiger partial charge in [-0.1, -0.05) is 36.3 Å². The van der Waals surface area contributed by atoms with Gasteiger partial charge in [0.25, 0.3) is 5.89 Å². The van der Waals surface area contributed by atoms with E-state index in [4.69, 9.17) is 9.15 Å². The molecule has 1 amide bonds. The predicted molar refractivity (Wildman–Crippen MR) is 88.2 cm³/mol. The first kappa shape index (κ1) is 17.6. The van der Waals surface area contributed by atoms with Crippen molar-refractivity contribution in [1.29, 1.82) is 0 Å². The van der Waals surface area contributed by atoms with E-state index < -0.39 is 6.09 Å². The summed E-state index contributed by atoms with van der Waals surface area (Å²) in [5, 5.41) is 2.45. The molecule has 0 fully saturated rings.